The van der Waals surface area contributed by atoms with Crippen LogP contribution in [0.2, 0.25) is 0 Å². The molecule has 0 saturated heterocycles. The van der Waals surface area contributed by atoms with Gasteiger partial charge in [-0.3, -0.25) is 0 Å². The minimum atomic E-state index is -3.68. The van der Waals surface area contributed by atoms with E-state index in [0.29, 0.717) is 12.2 Å². The number of aryl methyl sites for hydroxylation is 1. The van der Waals surface area contributed by atoms with Gasteiger partial charge in [-0.1, -0.05) is 6.92 Å². The fourth-order valence-electron chi connectivity index (χ4n) is 0.662. The summed E-state index contributed by atoms with van der Waals surface area (Å²) in [5.74, 6) is 0.543. The van der Waals surface area contributed by atoms with Crippen molar-refractivity contribution < 1.29 is 8.42 Å². The van der Waals surface area contributed by atoms with Crippen LogP contribution >= 0.6 is 22.2 Å². The molecule has 0 unspecified atom stereocenters. The number of hydrogen-bond donors (Lipinski definition) is 0. The molecule has 1 heterocycles. The molecule has 7 heteroatoms. The van der Waals surface area contributed by atoms with Crippen LogP contribution in [0.15, 0.2) is 4.34 Å². The lowest BCUT2D eigenvalue weighted by atomic mass is 10.3. The van der Waals surface area contributed by atoms with Crippen molar-refractivity contribution in [3.05, 3.63) is 5.82 Å². The Morgan fingerprint density at radius 3 is 2.67 bits per heavy atom. The standard InChI is InChI=1S/C5H7ClN2O2S2/c1-2-3-4-7-5(11-8-4)12(6,9)10/h2-3H2,1H3. The highest BCUT2D eigenvalue weighted by atomic mass is 35.7. The van der Waals surface area contributed by atoms with Crippen molar-refractivity contribution in [3.63, 3.8) is 0 Å². The van der Waals surface area contributed by atoms with Gasteiger partial charge < -0.3 is 0 Å². The van der Waals surface area contributed by atoms with Crippen molar-refractivity contribution in [3.8, 4) is 0 Å². The van der Waals surface area contributed by atoms with Crippen LogP contribution in [0.1, 0.15) is 19.2 Å². The molecular formula is C5H7ClN2O2S2. The average Bonchev–Trinajstić information content (AvgIpc) is 2.35. The van der Waals surface area contributed by atoms with E-state index in [1.807, 2.05) is 6.92 Å². The Bertz CT molecular complexity index is 359. The smallest absolute Gasteiger partial charge is 0.207 e. The fourth-order valence-corrected chi connectivity index (χ4v) is 2.16. The zero-order chi connectivity index (χ0) is 9.19. The van der Waals surface area contributed by atoms with E-state index in [9.17, 15) is 8.42 Å². The number of hydrogen-bond acceptors (Lipinski definition) is 5. The summed E-state index contributed by atoms with van der Waals surface area (Å²) in [4.78, 5) is 3.76. The molecule has 0 radical (unpaired) electrons. The summed E-state index contributed by atoms with van der Waals surface area (Å²) in [5.41, 5.74) is 0. The highest BCUT2D eigenvalue weighted by Gasteiger charge is 2.15. The molecule has 0 aliphatic rings. The van der Waals surface area contributed by atoms with E-state index in [0.717, 1.165) is 18.0 Å². The maximum absolute atomic E-state index is 10.7. The van der Waals surface area contributed by atoms with Gasteiger partial charge in [0.05, 0.1) is 0 Å². The summed E-state index contributed by atoms with van der Waals surface area (Å²) in [6, 6.07) is 0. The van der Waals surface area contributed by atoms with Crippen molar-refractivity contribution in [1.29, 1.82) is 0 Å². The van der Waals surface area contributed by atoms with Crippen molar-refractivity contribution >= 4 is 31.3 Å². The lowest BCUT2D eigenvalue weighted by Crippen LogP contribution is -1.91. The highest BCUT2D eigenvalue weighted by molar-refractivity contribution is 8.14. The molecule has 0 fully saturated rings. The summed E-state index contributed by atoms with van der Waals surface area (Å²) in [6.45, 7) is 1.97. The zero-order valence-corrected chi connectivity index (χ0v) is 8.71. The number of aromatic nitrogens is 2. The van der Waals surface area contributed by atoms with Crippen molar-refractivity contribution in [2.45, 2.75) is 24.1 Å². The molecule has 0 aromatic carbocycles. The Hall–Kier alpha value is -0.200. The van der Waals surface area contributed by atoms with Crippen LogP contribution in [0.25, 0.3) is 0 Å². The molecule has 0 amide bonds. The number of halogens is 1. The van der Waals surface area contributed by atoms with E-state index in [2.05, 4.69) is 9.36 Å². The second kappa shape index (κ2) is 3.68. The molecule has 68 valence electrons. The van der Waals surface area contributed by atoms with Gasteiger partial charge in [0.15, 0.2) is 0 Å². The minimum Gasteiger partial charge on any atom is -0.207 e. The lowest BCUT2D eigenvalue weighted by molar-refractivity contribution is 0.608. The van der Waals surface area contributed by atoms with E-state index in [1.54, 1.807) is 0 Å². The molecule has 0 aliphatic carbocycles. The van der Waals surface area contributed by atoms with Gasteiger partial charge in [0.25, 0.3) is 9.05 Å². The van der Waals surface area contributed by atoms with Gasteiger partial charge in [-0.05, 0) is 18.0 Å². The van der Waals surface area contributed by atoms with Gasteiger partial charge in [0.1, 0.15) is 5.82 Å². The highest BCUT2D eigenvalue weighted by Crippen LogP contribution is 2.17. The number of nitrogens with zero attached hydrogens (tertiary/aromatic N) is 2. The molecule has 1 rings (SSSR count). The van der Waals surface area contributed by atoms with Gasteiger partial charge in [0.2, 0.25) is 4.34 Å². The van der Waals surface area contributed by atoms with Gasteiger partial charge >= 0.3 is 0 Å². The Morgan fingerprint density at radius 2 is 2.25 bits per heavy atom. The summed E-state index contributed by atoms with van der Waals surface area (Å²) < 4.78 is 25.2. The molecule has 0 N–H and O–H groups in total. The first-order chi connectivity index (χ1) is 5.54. The Kier molecular flexibility index (Phi) is 3.03. The fraction of sp³-hybridized carbons (Fsp3) is 0.600. The molecule has 12 heavy (non-hydrogen) atoms. The van der Waals surface area contributed by atoms with Crippen molar-refractivity contribution in [2.75, 3.05) is 0 Å². The van der Waals surface area contributed by atoms with Crippen LogP contribution in [0, 0.1) is 0 Å². The lowest BCUT2D eigenvalue weighted by Gasteiger charge is -1.85. The second-order valence-electron chi connectivity index (χ2n) is 2.16. The van der Waals surface area contributed by atoms with Crippen molar-refractivity contribution in [2.24, 2.45) is 0 Å². The van der Waals surface area contributed by atoms with E-state index in [4.69, 9.17) is 10.7 Å². The van der Waals surface area contributed by atoms with Gasteiger partial charge in [-0.2, -0.15) is 4.37 Å². The molecule has 0 spiro atoms. The van der Waals surface area contributed by atoms with Crippen LogP contribution in [-0.2, 0) is 15.5 Å². The predicted molar refractivity (Wildman–Crippen MR) is 46.9 cm³/mol. The van der Waals surface area contributed by atoms with Crippen LogP contribution in [0.4, 0.5) is 0 Å². The minimum absolute atomic E-state index is 0.118. The van der Waals surface area contributed by atoms with Gasteiger partial charge in [-0.25, -0.2) is 13.4 Å². The van der Waals surface area contributed by atoms with Crippen LogP contribution in [0.3, 0.4) is 0 Å². The van der Waals surface area contributed by atoms with Crippen LogP contribution < -0.4 is 0 Å². The Labute approximate surface area is 79.2 Å². The van der Waals surface area contributed by atoms with E-state index in [1.165, 1.54) is 0 Å². The third-order valence-corrected chi connectivity index (χ3v) is 3.78. The molecule has 4 nitrogen and oxygen atoms in total. The predicted octanol–water partition coefficient (Wildman–Crippen LogP) is 1.42. The molecule has 1 aromatic heterocycles. The molecule has 0 saturated carbocycles. The largest absolute Gasteiger partial charge is 0.289 e. The normalized spacial score (nSPS) is 11.8. The molecule has 0 atom stereocenters. The first-order valence-corrected chi connectivity index (χ1v) is 6.39. The molecule has 0 aliphatic heterocycles. The quantitative estimate of drug-likeness (QED) is 0.732. The SMILES string of the molecule is CCCc1nsc(S(=O)(=O)Cl)n1. The maximum atomic E-state index is 10.7. The second-order valence-corrected chi connectivity index (χ2v) is 5.66. The molecule has 1 aromatic rings. The van der Waals surface area contributed by atoms with Crippen LogP contribution in [-0.4, -0.2) is 17.8 Å². The first kappa shape index (κ1) is 9.88. The third kappa shape index (κ3) is 2.40. The average molecular weight is 227 g/mol. The summed E-state index contributed by atoms with van der Waals surface area (Å²) in [6.07, 6.45) is 1.57. The maximum Gasteiger partial charge on any atom is 0.289 e. The van der Waals surface area contributed by atoms with Gasteiger partial charge in [0, 0.05) is 17.1 Å². The van der Waals surface area contributed by atoms with E-state index < -0.39 is 9.05 Å². The first-order valence-electron chi connectivity index (χ1n) is 3.31. The molecule has 0 bridgehead atoms. The monoisotopic (exact) mass is 226 g/mol. The van der Waals surface area contributed by atoms with Crippen LogP contribution in [0.5, 0.6) is 0 Å². The summed E-state index contributed by atoms with van der Waals surface area (Å²) in [7, 11) is 1.37. The Morgan fingerprint density at radius 1 is 1.58 bits per heavy atom. The number of rotatable bonds is 3. The summed E-state index contributed by atoms with van der Waals surface area (Å²) >= 11 is 0.815. The third-order valence-electron chi connectivity index (χ3n) is 1.13. The summed E-state index contributed by atoms with van der Waals surface area (Å²) in [5, 5.41) is 0. The van der Waals surface area contributed by atoms with E-state index in [-0.39, 0.29) is 4.34 Å². The molecular weight excluding hydrogens is 220 g/mol. The topological polar surface area (TPSA) is 59.9 Å². The Balaban J connectivity index is 2.92. The van der Waals surface area contributed by atoms with Gasteiger partial charge in [-0.15, -0.1) is 0 Å². The van der Waals surface area contributed by atoms with Crippen molar-refractivity contribution in [1.82, 2.24) is 9.36 Å². The zero-order valence-electron chi connectivity index (χ0n) is 6.32. The van der Waals surface area contributed by atoms with E-state index >= 15 is 0 Å².